The van der Waals surface area contributed by atoms with Crippen LogP contribution in [-0.4, -0.2) is 19.7 Å². The molecule has 3 nitrogen and oxygen atoms in total. The molecule has 12 heavy (non-hydrogen) atoms. The third-order valence-corrected chi connectivity index (χ3v) is 2.05. The van der Waals surface area contributed by atoms with Gasteiger partial charge in [0.1, 0.15) is 6.73 Å². The van der Waals surface area contributed by atoms with Crippen LogP contribution in [0.3, 0.4) is 0 Å². The van der Waals surface area contributed by atoms with E-state index in [4.69, 9.17) is 4.74 Å². The number of rotatable bonds is 3. The lowest BCUT2D eigenvalue weighted by molar-refractivity contribution is -0.148. The predicted molar refractivity (Wildman–Crippen MR) is 52.3 cm³/mol. The van der Waals surface area contributed by atoms with Crippen molar-refractivity contribution in [3.8, 4) is 0 Å². The third kappa shape index (κ3) is 3.54. The number of carbonyl (C=O) groups is 1. The average molecular weight is 238 g/mol. The fraction of sp³-hybridized carbons (Fsp3) is 0.875. The van der Waals surface area contributed by atoms with Crippen molar-refractivity contribution in [2.45, 2.75) is 25.7 Å². The van der Waals surface area contributed by atoms with Crippen molar-refractivity contribution >= 4 is 23.0 Å². The van der Waals surface area contributed by atoms with E-state index < -0.39 is 0 Å². The summed E-state index contributed by atoms with van der Waals surface area (Å²) in [6.07, 6.45) is 4.39. The van der Waals surface area contributed by atoms with E-state index in [0.29, 0.717) is 6.73 Å². The zero-order valence-electron chi connectivity index (χ0n) is 7.34. The highest BCUT2D eigenvalue weighted by atomic mass is 79.9. The Hall–Kier alpha value is -0.0900. The highest BCUT2D eigenvalue weighted by Gasteiger charge is 2.23. The van der Waals surface area contributed by atoms with Gasteiger partial charge in [-0.05, 0) is 19.9 Å². The minimum absolute atomic E-state index is 0. The zero-order chi connectivity index (χ0) is 8.10. The molecule has 0 aromatic carbocycles. The summed E-state index contributed by atoms with van der Waals surface area (Å²) in [4.78, 5) is 11.1. The average Bonchev–Trinajstić information content (AvgIpc) is 2.52. The van der Waals surface area contributed by atoms with Gasteiger partial charge >= 0.3 is 5.97 Å². The van der Waals surface area contributed by atoms with Gasteiger partial charge in [-0.25, -0.2) is 0 Å². The normalized spacial score (nSPS) is 17.1. The second-order valence-corrected chi connectivity index (χ2v) is 2.94. The monoisotopic (exact) mass is 237 g/mol. The van der Waals surface area contributed by atoms with Crippen LogP contribution < -0.4 is 5.32 Å². The first-order chi connectivity index (χ1) is 5.34. The van der Waals surface area contributed by atoms with Crippen molar-refractivity contribution < 1.29 is 9.53 Å². The van der Waals surface area contributed by atoms with Gasteiger partial charge in [-0.2, -0.15) is 0 Å². The predicted octanol–water partition coefficient (Wildman–Crippen LogP) is 1.47. The summed E-state index contributed by atoms with van der Waals surface area (Å²) in [5, 5.41) is 2.78. The van der Waals surface area contributed by atoms with Gasteiger partial charge < -0.3 is 4.74 Å². The molecule has 1 rings (SSSR count). The Balaban J connectivity index is 0.00000121. The highest BCUT2D eigenvalue weighted by Crippen LogP contribution is 2.25. The molecule has 1 saturated carbocycles. The van der Waals surface area contributed by atoms with Crippen LogP contribution in [-0.2, 0) is 9.53 Å². The Kier molecular flexibility index (Phi) is 6.38. The second kappa shape index (κ2) is 6.43. The van der Waals surface area contributed by atoms with Crippen molar-refractivity contribution in [1.82, 2.24) is 5.32 Å². The molecule has 4 heteroatoms. The maximum Gasteiger partial charge on any atom is 0.310 e. The minimum atomic E-state index is -0.0307. The Morgan fingerprint density at radius 3 is 2.58 bits per heavy atom. The number of ether oxygens (including phenoxy) is 1. The van der Waals surface area contributed by atoms with Gasteiger partial charge in [-0.3, -0.25) is 10.1 Å². The maximum absolute atomic E-state index is 11.1. The van der Waals surface area contributed by atoms with E-state index in [9.17, 15) is 4.79 Å². The van der Waals surface area contributed by atoms with Crippen molar-refractivity contribution in [3.05, 3.63) is 0 Å². The number of hydrogen-bond acceptors (Lipinski definition) is 3. The molecule has 1 N–H and O–H groups in total. The van der Waals surface area contributed by atoms with Crippen LogP contribution in [0.4, 0.5) is 0 Å². The molecule has 1 aliphatic rings. The molecule has 0 radical (unpaired) electrons. The van der Waals surface area contributed by atoms with Crippen molar-refractivity contribution in [3.63, 3.8) is 0 Å². The first kappa shape index (κ1) is 11.9. The molecule has 0 saturated heterocycles. The van der Waals surface area contributed by atoms with E-state index in [2.05, 4.69) is 5.32 Å². The zero-order valence-corrected chi connectivity index (χ0v) is 9.05. The van der Waals surface area contributed by atoms with Crippen LogP contribution >= 0.6 is 17.0 Å². The Bertz CT molecular complexity index is 135. The first-order valence-electron chi connectivity index (χ1n) is 4.16. The molecule has 1 fully saturated rings. The van der Waals surface area contributed by atoms with Gasteiger partial charge in [0.25, 0.3) is 0 Å². The molecule has 0 unspecified atom stereocenters. The summed E-state index contributed by atoms with van der Waals surface area (Å²) >= 11 is 0. The van der Waals surface area contributed by atoms with Crippen LogP contribution in [0.25, 0.3) is 0 Å². The molecule has 0 aromatic rings. The Morgan fingerprint density at radius 1 is 1.50 bits per heavy atom. The van der Waals surface area contributed by atoms with Gasteiger partial charge in [0, 0.05) is 0 Å². The molecule has 0 amide bonds. The Morgan fingerprint density at radius 2 is 2.08 bits per heavy atom. The van der Waals surface area contributed by atoms with Gasteiger partial charge in [-0.15, -0.1) is 17.0 Å². The smallest absolute Gasteiger partial charge is 0.310 e. The molecule has 72 valence electrons. The van der Waals surface area contributed by atoms with Crippen LogP contribution in [0.5, 0.6) is 0 Å². The fourth-order valence-corrected chi connectivity index (χ4v) is 1.42. The number of halogens is 1. The van der Waals surface area contributed by atoms with Crippen LogP contribution in [0.1, 0.15) is 25.7 Å². The van der Waals surface area contributed by atoms with E-state index >= 15 is 0 Å². The van der Waals surface area contributed by atoms with E-state index in [-0.39, 0.29) is 28.9 Å². The number of carbonyl (C=O) groups excluding carboxylic acids is 1. The molecular weight excluding hydrogens is 222 g/mol. The van der Waals surface area contributed by atoms with E-state index in [0.717, 1.165) is 12.8 Å². The largest absolute Gasteiger partial charge is 0.450 e. The Labute approximate surface area is 83.6 Å². The quantitative estimate of drug-likeness (QED) is 0.597. The topological polar surface area (TPSA) is 38.3 Å². The van der Waals surface area contributed by atoms with E-state index in [1.807, 2.05) is 0 Å². The fourth-order valence-electron chi connectivity index (χ4n) is 1.42. The molecule has 0 atom stereocenters. The van der Waals surface area contributed by atoms with Crippen molar-refractivity contribution in [2.75, 3.05) is 13.8 Å². The second-order valence-electron chi connectivity index (χ2n) is 2.94. The van der Waals surface area contributed by atoms with E-state index in [1.54, 1.807) is 7.05 Å². The summed E-state index contributed by atoms with van der Waals surface area (Å²) in [7, 11) is 1.77. The third-order valence-electron chi connectivity index (χ3n) is 2.05. The lowest BCUT2D eigenvalue weighted by Crippen LogP contribution is -2.21. The van der Waals surface area contributed by atoms with Crippen molar-refractivity contribution in [2.24, 2.45) is 5.92 Å². The molecule has 0 aromatic heterocycles. The summed E-state index contributed by atoms with van der Waals surface area (Å²) in [6.45, 7) is 0.343. The summed E-state index contributed by atoms with van der Waals surface area (Å²) in [6, 6.07) is 0. The van der Waals surface area contributed by atoms with Crippen LogP contribution in [0.15, 0.2) is 0 Å². The molecule has 0 heterocycles. The maximum atomic E-state index is 11.1. The first-order valence-corrected chi connectivity index (χ1v) is 4.16. The lowest BCUT2D eigenvalue weighted by atomic mass is 10.1. The van der Waals surface area contributed by atoms with Crippen LogP contribution in [0.2, 0.25) is 0 Å². The SMILES string of the molecule is Br.CNCOC(=O)C1CCCC1. The van der Waals surface area contributed by atoms with Crippen LogP contribution in [0, 0.1) is 5.92 Å². The van der Waals surface area contributed by atoms with Gasteiger partial charge in [-0.1, -0.05) is 12.8 Å². The molecule has 0 spiro atoms. The molecular formula is C8H16BrNO2. The van der Waals surface area contributed by atoms with Gasteiger partial charge in [0.05, 0.1) is 5.92 Å². The molecule has 0 aliphatic heterocycles. The number of hydrogen-bond donors (Lipinski definition) is 1. The lowest BCUT2D eigenvalue weighted by Gasteiger charge is -2.07. The standard InChI is InChI=1S/C8H15NO2.BrH/c1-9-6-11-8(10)7-4-2-3-5-7;/h7,9H,2-6H2,1H3;1H. The van der Waals surface area contributed by atoms with Gasteiger partial charge in [0.15, 0.2) is 0 Å². The highest BCUT2D eigenvalue weighted by molar-refractivity contribution is 8.93. The molecule has 1 aliphatic carbocycles. The van der Waals surface area contributed by atoms with Gasteiger partial charge in [0.2, 0.25) is 0 Å². The molecule has 0 bridgehead atoms. The number of esters is 1. The minimum Gasteiger partial charge on any atom is -0.450 e. The van der Waals surface area contributed by atoms with Crippen molar-refractivity contribution in [1.29, 1.82) is 0 Å². The number of nitrogens with one attached hydrogen (secondary N) is 1. The summed E-state index contributed by atoms with van der Waals surface area (Å²) < 4.78 is 4.93. The summed E-state index contributed by atoms with van der Waals surface area (Å²) in [5.41, 5.74) is 0. The summed E-state index contributed by atoms with van der Waals surface area (Å²) in [5.74, 6) is 0.153. The van der Waals surface area contributed by atoms with E-state index in [1.165, 1.54) is 12.8 Å².